The molecule has 0 aromatic heterocycles. The molecule has 0 bridgehead atoms. The van der Waals surface area contributed by atoms with Crippen molar-refractivity contribution in [2.75, 3.05) is 0 Å². The van der Waals surface area contributed by atoms with Gasteiger partial charge >= 0.3 is 11.9 Å². The first-order valence-electron chi connectivity index (χ1n) is 9.98. The molecule has 0 saturated carbocycles. The number of hydrogen-bond donors (Lipinski definition) is 0. The third-order valence-corrected chi connectivity index (χ3v) is 5.49. The van der Waals surface area contributed by atoms with E-state index in [1.807, 2.05) is 64.1 Å². The fourth-order valence-electron chi connectivity index (χ4n) is 3.57. The molecule has 2 aromatic rings. The van der Waals surface area contributed by atoms with Crippen LogP contribution in [-0.4, -0.2) is 24.1 Å². The van der Waals surface area contributed by atoms with Gasteiger partial charge in [0.25, 0.3) is 0 Å². The van der Waals surface area contributed by atoms with Crippen LogP contribution in [0.25, 0.3) is 0 Å². The smallest absolute Gasteiger partial charge is 0.338 e. The zero-order valence-electron chi connectivity index (χ0n) is 17.2. The van der Waals surface area contributed by atoms with Gasteiger partial charge in [0.15, 0.2) is 0 Å². The minimum absolute atomic E-state index is 0.351. The summed E-state index contributed by atoms with van der Waals surface area (Å²) in [7, 11) is 0. The monoisotopic (exact) mass is 382 g/mol. The van der Waals surface area contributed by atoms with Crippen LogP contribution in [0, 0.1) is 5.41 Å². The van der Waals surface area contributed by atoms with Crippen LogP contribution in [0.1, 0.15) is 67.7 Å². The first kappa shape index (κ1) is 21.7. The molecule has 0 aliphatic rings. The van der Waals surface area contributed by atoms with E-state index >= 15 is 0 Å². The summed E-state index contributed by atoms with van der Waals surface area (Å²) in [6, 6.07) is 17.9. The summed E-state index contributed by atoms with van der Waals surface area (Å²) >= 11 is 0. The van der Waals surface area contributed by atoms with Gasteiger partial charge in [0.05, 0.1) is 11.1 Å². The summed E-state index contributed by atoms with van der Waals surface area (Å²) in [5.41, 5.74) is 0.556. The van der Waals surface area contributed by atoms with Gasteiger partial charge in [0, 0.05) is 5.41 Å². The summed E-state index contributed by atoms with van der Waals surface area (Å²) in [4.78, 5) is 25.2. The molecule has 0 aliphatic carbocycles. The molecule has 4 nitrogen and oxygen atoms in total. The molecule has 150 valence electrons. The maximum atomic E-state index is 12.6. The standard InChI is InChI=1S/C24H30O4/c1-5-20(27-22(25)18-14-10-8-11-15-18)24(4,7-3)21(6-2)28-23(26)19-16-12-9-13-17-19/h8-17,20-21H,5-7H2,1-4H3. The molecule has 2 aromatic carbocycles. The van der Waals surface area contributed by atoms with Crippen LogP contribution in [0.4, 0.5) is 0 Å². The Kier molecular flexibility index (Phi) is 7.80. The molecule has 2 unspecified atom stereocenters. The molecule has 0 fully saturated rings. The van der Waals surface area contributed by atoms with Crippen molar-refractivity contribution in [2.45, 2.75) is 59.2 Å². The van der Waals surface area contributed by atoms with Gasteiger partial charge in [-0.05, 0) is 43.5 Å². The third-order valence-electron chi connectivity index (χ3n) is 5.49. The molecule has 0 radical (unpaired) electrons. The van der Waals surface area contributed by atoms with Crippen molar-refractivity contribution < 1.29 is 19.1 Å². The van der Waals surface area contributed by atoms with Crippen molar-refractivity contribution in [3.8, 4) is 0 Å². The van der Waals surface area contributed by atoms with Crippen molar-refractivity contribution in [3.63, 3.8) is 0 Å². The predicted molar refractivity (Wildman–Crippen MR) is 110 cm³/mol. The molecule has 0 aliphatic heterocycles. The van der Waals surface area contributed by atoms with E-state index in [4.69, 9.17) is 9.47 Å². The predicted octanol–water partition coefficient (Wildman–Crippen LogP) is 5.67. The summed E-state index contributed by atoms with van der Waals surface area (Å²) in [5, 5.41) is 0. The van der Waals surface area contributed by atoms with Crippen LogP contribution in [-0.2, 0) is 9.47 Å². The number of hydrogen-bond acceptors (Lipinski definition) is 4. The SMILES string of the molecule is CCC(OC(=O)c1ccccc1)C(C)(CC)C(CC)OC(=O)c1ccccc1. The zero-order valence-corrected chi connectivity index (χ0v) is 17.2. The van der Waals surface area contributed by atoms with E-state index in [9.17, 15) is 9.59 Å². The fourth-order valence-corrected chi connectivity index (χ4v) is 3.57. The molecule has 2 atom stereocenters. The number of carbonyl (C=O) groups is 2. The molecule has 0 N–H and O–H groups in total. The van der Waals surface area contributed by atoms with E-state index in [1.165, 1.54) is 0 Å². The van der Waals surface area contributed by atoms with Gasteiger partial charge in [-0.3, -0.25) is 0 Å². The van der Waals surface area contributed by atoms with Crippen molar-refractivity contribution >= 4 is 11.9 Å². The van der Waals surface area contributed by atoms with E-state index in [2.05, 4.69) is 0 Å². The van der Waals surface area contributed by atoms with E-state index < -0.39 is 5.41 Å². The van der Waals surface area contributed by atoms with Crippen molar-refractivity contribution in [1.29, 1.82) is 0 Å². The largest absolute Gasteiger partial charge is 0.458 e. The maximum absolute atomic E-state index is 12.6. The van der Waals surface area contributed by atoms with Gasteiger partial charge < -0.3 is 9.47 Å². The first-order valence-corrected chi connectivity index (χ1v) is 9.98. The van der Waals surface area contributed by atoms with Crippen LogP contribution in [0.2, 0.25) is 0 Å². The molecule has 28 heavy (non-hydrogen) atoms. The van der Waals surface area contributed by atoms with Crippen LogP contribution in [0.5, 0.6) is 0 Å². The quantitative estimate of drug-likeness (QED) is 0.524. The zero-order chi connectivity index (χ0) is 20.6. The lowest BCUT2D eigenvalue weighted by atomic mass is 9.74. The van der Waals surface area contributed by atoms with E-state index in [1.54, 1.807) is 24.3 Å². The van der Waals surface area contributed by atoms with Gasteiger partial charge in [-0.15, -0.1) is 0 Å². The minimum atomic E-state index is -0.488. The fraction of sp³-hybridized carbons (Fsp3) is 0.417. The molecular weight excluding hydrogens is 352 g/mol. The molecule has 0 heterocycles. The molecule has 0 amide bonds. The lowest BCUT2D eigenvalue weighted by Gasteiger charge is -2.41. The molecule has 0 spiro atoms. The Morgan fingerprint density at radius 3 is 1.39 bits per heavy atom. The number of esters is 2. The van der Waals surface area contributed by atoms with Crippen LogP contribution in [0.15, 0.2) is 60.7 Å². The van der Waals surface area contributed by atoms with Crippen molar-refractivity contribution in [1.82, 2.24) is 0 Å². The molecular formula is C24H30O4. The number of carbonyl (C=O) groups excluding carboxylic acids is 2. The normalized spacial score (nSPS) is 15.1. The van der Waals surface area contributed by atoms with Gasteiger partial charge in [-0.1, -0.05) is 64.1 Å². The second kappa shape index (κ2) is 10.1. The van der Waals surface area contributed by atoms with Gasteiger partial charge in [-0.2, -0.15) is 0 Å². The Balaban J connectivity index is 2.20. The molecule has 2 rings (SSSR count). The highest BCUT2D eigenvalue weighted by Gasteiger charge is 2.43. The van der Waals surface area contributed by atoms with Crippen molar-refractivity contribution in [3.05, 3.63) is 71.8 Å². The summed E-state index contributed by atoms with van der Waals surface area (Å²) in [5.74, 6) is -0.701. The van der Waals surface area contributed by atoms with E-state index in [0.29, 0.717) is 30.4 Å². The van der Waals surface area contributed by atoms with Crippen molar-refractivity contribution in [2.24, 2.45) is 5.41 Å². The molecule has 4 heteroatoms. The number of benzene rings is 2. The van der Waals surface area contributed by atoms with Gasteiger partial charge in [0.1, 0.15) is 12.2 Å². The Bertz CT molecular complexity index is 693. The average molecular weight is 383 g/mol. The number of ether oxygens (including phenoxy) is 2. The summed E-state index contributed by atoms with van der Waals surface area (Å²) in [6.45, 7) is 8.05. The van der Waals surface area contributed by atoms with Crippen LogP contribution in [0.3, 0.4) is 0 Å². The second-order valence-corrected chi connectivity index (χ2v) is 7.20. The van der Waals surface area contributed by atoms with Gasteiger partial charge in [0.2, 0.25) is 0 Å². The minimum Gasteiger partial charge on any atom is -0.458 e. The van der Waals surface area contributed by atoms with E-state index in [-0.39, 0.29) is 24.1 Å². The molecule has 0 saturated heterocycles. The van der Waals surface area contributed by atoms with E-state index in [0.717, 1.165) is 0 Å². The van der Waals surface area contributed by atoms with Crippen LogP contribution >= 0.6 is 0 Å². The highest BCUT2D eigenvalue weighted by Crippen LogP contribution is 2.38. The highest BCUT2D eigenvalue weighted by molar-refractivity contribution is 5.90. The summed E-state index contributed by atoms with van der Waals surface area (Å²) < 4.78 is 11.8. The lowest BCUT2D eigenvalue weighted by Crippen LogP contribution is -2.46. The Morgan fingerprint density at radius 2 is 1.11 bits per heavy atom. The first-order chi connectivity index (χ1) is 13.5. The number of rotatable bonds is 9. The highest BCUT2D eigenvalue weighted by atomic mass is 16.6. The average Bonchev–Trinajstić information content (AvgIpc) is 2.76. The maximum Gasteiger partial charge on any atom is 0.338 e. The second-order valence-electron chi connectivity index (χ2n) is 7.20. The van der Waals surface area contributed by atoms with Gasteiger partial charge in [-0.25, -0.2) is 9.59 Å². The lowest BCUT2D eigenvalue weighted by molar-refractivity contribution is -0.0843. The Labute approximate surface area is 167 Å². The Hall–Kier alpha value is -2.62. The summed E-state index contributed by atoms with van der Waals surface area (Å²) in [6.07, 6.45) is 1.27. The topological polar surface area (TPSA) is 52.6 Å². The third kappa shape index (κ3) is 5.00. The van der Waals surface area contributed by atoms with Crippen LogP contribution < -0.4 is 0 Å². The Morgan fingerprint density at radius 1 is 0.750 bits per heavy atom.